The highest BCUT2D eigenvalue weighted by Gasteiger charge is 2.42. The summed E-state index contributed by atoms with van der Waals surface area (Å²) >= 11 is 0. The van der Waals surface area contributed by atoms with E-state index >= 15 is 0 Å². The van der Waals surface area contributed by atoms with Gasteiger partial charge < -0.3 is 29.9 Å². The summed E-state index contributed by atoms with van der Waals surface area (Å²) in [6.07, 6.45) is -5.06. The van der Waals surface area contributed by atoms with Crippen LogP contribution >= 0.6 is 0 Å². The average Bonchev–Trinajstić information content (AvgIpc) is 3.21. The van der Waals surface area contributed by atoms with Gasteiger partial charge in [0, 0.05) is 5.39 Å². The summed E-state index contributed by atoms with van der Waals surface area (Å²) in [5.74, 6) is 4.91. The van der Waals surface area contributed by atoms with Crippen LogP contribution in [0.2, 0.25) is 0 Å². The number of aliphatic hydroxyl groups excluding tert-OH is 4. The number of esters is 1. The molecule has 1 aliphatic rings. The first kappa shape index (κ1) is 24.3. The Hall–Kier alpha value is -2.74. The Morgan fingerprint density at radius 2 is 1.97 bits per heavy atom. The molecule has 0 amide bonds. The number of carbonyl (C=O) groups excluding carboxylic acids is 1. The molecule has 2 aromatic rings. The summed E-state index contributed by atoms with van der Waals surface area (Å²) in [5.41, 5.74) is 1.27. The van der Waals surface area contributed by atoms with Crippen LogP contribution in [0.1, 0.15) is 23.3 Å². The third-order valence-electron chi connectivity index (χ3n) is 4.21. The van der Waals surface area contributed by atoms with E-state index in [1.54, 1.807) is 6.07 Å². The number of fused-ring (bicyclic) bond motifs is 1. The van der Waals surface area contributed by atoms with Crippen LogP contribution in [-0.2, 0) is 9.47 Å². The van der Waals surface area contributed by atoms with Crippen molar-refractivity contribution in [2.45, 2.75) is 37.9 Å². The van der Waals surface area contributed by atoms with Crippen molar-refractivity contribution in [2.24, 2.45) is 0 Å². The highest BCUT2D eigenvalue weighted by atomic mass is 16.5. The molecule has 5 atom stereocenters. The third kappa shape index (κ3) is 5.00. The molecule has 158 valence electrons. The number of nitrogens with zero attached hydrogens (tertiary/aromatic N) is 1. The summed E-state index contributed by atoms with van der Waals surface area (Å²) in [6.45, 7) is 5.46. The van der Waals surface area contributed by atoms with E-state index in [9.17, 15) is 25.2 Å². The predicted molar refractivity (Wildman–Crippen MR) is 106 cm³/mol. The number of hydrogen-bond donors (Lipinski definition) is 5. The minimum absolute atomic E-state index is 0. The lowest BCUT2D eigenvalue weighted by atomic mass is 9.95. The van der Waals surface area contributed by atoms with Gasteiger partial charge in [-0.2, -0.15) is 5.10 Å². The van der Waals surface area contributed by atoms with Crippen molar-refractivity contribution >= 4 is 16.9 Å². The first-order chi connectivity index (χ1) is 13.5. The van der Waals surface area contributed by atoms with E-state index in [0.29, 0.717) is 16.5 Å². The summed E-state index contributed by atoms with van der Waals surface area (Å²) in [6, 6.07) is 3.10. The van der Waals surface area contributed by atoms with Gasteiger partial charge in [0.2, 0.25) is 0 Å². The van der Waals surface area contributed by atoms with Gasteiger partial charge in [-0.05, 0) is 12.1 Å². The molecule has 0 spiro atoms. The number of aromatic nitrogens is 2. The third-order valence-corrected chi connectivity index (χ3v) is 4.21. The fourth-order valence-electron chi connectivity index (χ4n) is 2.76. The molecule has 9 heteroatoms. The molecule has 0 bridgehead atoms. The molecule has 0 saturated carbocycles. The minimum atomic E-state index is -1.51. The lowest BCUT2D eigenvalue weighted by Gasteiger charge is -2.37. The molecule has 0 aliphatic carbocycles. The predicted octanol–water partition coefficient (Wildman–Crippen LogP) is -0.0183. The molecule has 1 aromatic carbocycles. The van der Waals surface area contributed by atoms with Gasteiger partial charge >= 0.3 is 5.97 Å². The quantitative estimate of drug-likeness (QED) is 0.266. The minimum Gasteiger partial charge on any atom is -0.465 e. The highest BCUT2D eigenvalue weighted by molar-refractivity contribution is 5.96. The number of aromatic amines is 1. The largest absolute Gasteiger partial charge is 0.465 e. The fourth-order valence-corrected chi connectivity index (χ4v) is 2.76. The van der Waals surface area contributed by atoms with Gasteiger partial charge in [0.15, 0.2) is 0 Å². The van der Waals surface area contributed by atoms with E-state index in [2.05, 4.69) is 35.2 Å². The highest BCUT2D eigenvalue weighted by Crippen LogP contribution is 2.22. The monoisotopic (exact) mass is 406 g/mol. The van der Waals surface area contributed by atoms with E-state index in [0.717, 1.165) is 0 Å². The van der Waals surface area contributed by atoms with E-state index < -0.39 is 43.1 Å². The Morgan fingerprint density at radius 3 is 2.59 bits per heavy atom. The normalized spacial score (nSPS) is 25.6. The number of ether oxygens (including phenoxy) is 2. The van der Waals surface area contributed by atoms with Crippen molar-refractivity contribution in [3.8, 4) is 11.8 Å². The number of rotatable bonds is 2. The maximum absolute atomic E-state index is 11.8. The van der Waals surface area contributed by atoms with Gasteiger partial charge in [0.25, 0.3) is 0 Å². The van der Waals surface area contributed by atoms with Crippen molar-refractivity contribution in [3.05, 3.63) is 42.6 Å². The molecule has 0 radical (unpaired) electrons. The van der Waals surface area contributed by atoms with Crippen molar-refractivity contribution in [1.82, 2.24) is 10.2 Å². The van der Waals surface area contributed by atoms with Crippen LogP contribution in [0.25, 0.3) is 10.9 Å². The fraction of sp³-hybridized carbons (Fsp3) is 0.400. The second-order valence-electron chi connectivity index (χ2n) is 5.87. The number of methoxy groups -OCH3 is 1. The molecule has 1 saturated heterocycles. The number of benzene rings is 1. The van der Waals surface area contributed by atoms with E-state index in [4.69, 9.17) is 9.47 Å². The summed E-state index contributed by atoms with van der Waals surface area (Å²) in [4.78, 5) is 11.8. The topological polar surface area (TPSA) is 145 Å². The lowest BCUT2D eigenvalue weighted by Crippen LogP contribution is -2.58. The summed E-state index contributed by atoms with van der Waals surface area (Å²) in [5, 5.41) is 46.2. The van der Waals surface area contributed by atoms with Gasteiger partial charge in [0.1, 0.15) is 30.5 Å². The van der Waals surface area contributed by atoms with E-state index in [1.165, 1.54) is 19.4 Å². The Labute approximate surface area is 168 Å². The van der Waals surface area contributed by atoms with Gasteiger partial charge in [-0.15, -0.1) is 13.2 Å². The van der Waals surface area contributed by atoms with Gasteiger partial charge in [-0.1, -0.05) is 19.3 Å². The number of H-pyrrole nitrogens is 1. The van der Waals surface area contributed by atoms with Crippen LogP contribution < -0.4 is 0 Å². The van der Waals surface area contributed by atoms with Crippen molar-refractivity contribution in [2.75, 3.05) is 13.7 Å². The zero-order valence-corrected chi connectivity index (χ0v) is 15.2. The molecule has 2 heterocycles. The summed E-state index contributed by atoms with van der Waals surface area (Å²) < 4.78 is 10.1. The molecule has 1 fully saturated rings. The zero-order valence-electron chi connectivity index (χ0n) is 15.2. The molecule has 29 heavy (non-hydrogen) atoms. The molecule has 1 aliphatic heterocycles. The van der Waals surface area contributed by atoms with Crippen LogP contribution in [0.3, 0.4) is 0 Å². The second-order valence-corrected chi connectivity index (χ2v) is 5.87. The first-order valence-electron chi connectivity index (χ1n) is 8.33. The Balaban J connectivity index is 0.00000136. The van der Waals surface area contributed by atoms with Crippen LogP contribution in [-0.4, -0.2) is 80.8 Å². The number of carbonyl (C=O) groups is 1. The average molecular weight is 406 g/mol. The van der Waals surface area contributed by atoms with E-state index in [-0.39, 0.29) is 13.0 Å². The molecular weight excluding hydrogens is 380 g/mol. The van der Waals surface area contributed by atoms with Gasteiger partial charge in [-0.3, -0.25) is 5.10 Å². The van der Waals surface area contributed by atoms with Crippen molar-refractivity contribution < 1.29 is 34.7 Å². The second kappa shape index (κ2) is 10.7. The molecule has 3 rings (SSSR count). The zero-order chi connectivity index (χ0) is 20.8. The number of aliphatic hydroxyl groups is 4. The molecule has 5 N–H and O–H groups in total. The molecule has 9 nitrogen and oxygen atoms in total. The molecule has 1 aromatic heterocycles. The van der Waals surface area contributed by atoms with Gasteiger partial charge in [-0.25, -0.2) is 4.79 Å². The van der Waals surface area contributed by atoms with Crippen LogP contribution in [0, 0.1) is 11.8 Å². The number of hydrogen-bond acceptors (Lipinski definition) is 8. The Bertz CT molecular complexity index is 884. The maximum Gasteiger partial charge on any atom is 0.337 e. The van der Waals surface area contributed by atoms with E-state index in [1.807, 2.05) is 0 Å². The standard InChI is InChI=1S/C17H18N2O7.C2H4.CH4/c1-25-17(24)9-4-8(13-10(5-9)6-18-19-13)2-3-11-14(21)16(23)15(22)12(7-20)26-11;1-2;/h4-6,11-12,14-16,20-23H,7H2,1H3,(H,18,19);1-2H2;1H4/t11?,12?,14?,15-,16?;;/m1../s1. The van der Waals surface area contributed by atoms with Crippen molar-refractivity contribution in [3.63, 3.8) is 0 Å². The maximum atomic E-state index is 11.8. The first-order valence-corrected chi connectivity index (χ1v) is 8.33. The smallest absolute Gasteiger partial charge is 0.337 e. The number of nitrogens with one attached hydrogen (secondary N) is 1. The van der Waals surface area contributed by atoms with Crippen LogP contribution in [0.5, 0.6) is 0 Å². The molecule has 4 unspecified atom stereocenters. The van der Waals surface area contributed by atoms with Crippen LogP contribution in [0.15, 0.2) is 31.5 Å². The van der Waals surface area contributed by atoms with Gasteiger partial charge in [0.05, 0.1) is 36.6 Å². The lowest BCUT2D eigenvalue weighted by molar-refractivity contribution is -0.214. The Kier molecular flexibility index (Phi) is 8.97. The Morgan fingerprint density at radius 1 is 1.28 bits per heavy atom. The molecular formula is C20H26N2O7. The SMILES string of the molecule is C.C=C.COC(=O)c1cc(C#CC2OC(CO)[C@@H](O)C(O)C2O)c2[nH]ncc2c1. The van der Waals surface area contributed by atoms with Crippen LogP contribution in [0.4, 0.5) is 0 Å². The van der Waals surface area contributed by atoms with Crippen molar-refractivity contribution in [1.29, 1.82) is 0 Å². The summed E-state index contributed by atoms with van der Waals surface area (Å²) in [7, 11) is 1.27.